The SMILES string of the molecule is COc1ccccc1[C@@H]1[C@H]2C(=O)N(c3ccc(C)cc3)C(=O)[C@H]2N2CCCN12. The molecule has 0 bridgehead atoms. The number of para-hydroxylation sites is 1. The summed E-state index contributed by atoms with van der Waals surface area (Å²) in [4.78, 5) is 28.3. The molecule has 6 heteroatoms. The van der Waals surface area contributed by atoms with Crippen molar-refractivity contribution in [2.45, 2.75) is 25.4 Å². The van der Waals surface area contributed by atoms with Crippen molar-refractivity contribution in [3.63, 3.8) is 0 Å². The van der Waals surface area contributed by atoms with E-state index in [0.29, 0.717) is 5.69 Å². The van der Waals surface area contributed by atoms with Crippen molar-refractivity contribution in [1.82, 2.24) is 10.0 Å². The van der Waals surface area contributed by atoms with Gasteiger partial charge in [-0.15, -0.1) is 0 Å². The van der Waals surface area contributed by atoms with Gasteiger partial charge in [0.05, 0.1) is 24.8 Å². The van der Waals surface area contributed by atoms with E-state index < -0.39 is 12.0 Å². The summed E-state index contributed by atoms with van der Waals surface area (Å²) in [5.74, 6) is 0.0896. The van der Waals surface area contributed by atoms with E-state index in [2.05, 4.69) is 10.0 Å². The Balaban J connectivity index is 1.60. The zero-order valence-electron chi connectivity index (χ0n) is 16.0. The zero-order chi connectivity index (χ0) is 19.4. The standard InChI is InChI=1S/C22H23N3O3/c1-14-8-10-15(11-9-14)25-21(26)18-19(16-6-3-4-7-17(16)28-2)23-12-5-13-24(23)20(18)22(25)27/h3-4,6-11,18-20H,5,12-13H2,1-2H3/t18-,19-,20+/m1/s1. The molecule has 2 aromatic rings. The maximum absolute atomic E-state index is 13.5. The van der Waals surface area contributed by atoms with Crippen LogP contribution in [0.5, 0.6) is 5.75 Å². The average molecular weight is 377 g/mol. The van der Waals surface area contributed by atoms with Gasteiger partial charge in [-0.25, -0.2) is 14.9 Å². The van der Waals surface area contributed by atoms with Gasteiger partial charge in [0.25, 0.3) is 5.91 Å². The first kappa shape index (κ1) is 17.4. The Morgan fingerprint density at radius 1 is 0.893 bits per heavy atom. The molecule has 3 atom stereocenters. The lowest BCUT2D eigenvalue weighted by Crippen LogP contribution is -2.44. The van der Waals surface area contributed by atoms with E-state index in [1.54, 1.807) is 7.11 Å². The lowest BCUT2D eigenvalue weighted by atomic mass is 9.89. The third-order valence-corrected chi connectivity index (χ3v) is 6.16. The van der Waals surface area contributed by atoms with Crippen molar-refractivity contribution in [2.24, 2.45) is 5.92 Å². The lowest BCUT2D eigenvalue weighted by Gasteiger charge is -2.30. The van der Waals surface area contributed by atoms with E-state index in [0.717, 1.165) is 36.4 Å². The van der Waals surface area contributed by atoms with E-state index >= 15 is 0 Å². The second-order valence-corrected chi connectivity index (χ2v) is 7.68. The topological polar surface area (TPSA) is 53.1 Å². The number of rotatable bonds is 3. The zero-order valence-corrected chi connectivity index (χ0v) is 16.0. The molecule has 0 unspecified atom stereocenters. The number of carbonyl (C=O) groups is 2. The number of fused-ring (bicyclic) bond motifs is 3. The Labute approximate surface area is 164 Å². The highest BCUT2D eigenvalue weighted by atomic mass is 16.5. The van der Waals surface area contributed by atoms with Crippen molar-refractivity contribution in [2.75, 3.05) is 25.1 Å². The summed E-state index contributed by atoms with van der Waals surface area (Å²) in [6, 6.07) is 14.8. The van der Waals surface area contributed by atoms with Crippen molar-refractivity contribution in [3.05, 3.63) is 59.7 Å². The summed E-state index contributed by atoms with van der Waals surface area (Å²) in [6.45, 7) is 3.64. The molecule has 0 N–H and O–H groups in total. The second kappa shape index (κ2) is 6.43. The first-order valence-electron chi connectivity index (χ1n) is 9.72. The molecule has 5 rings (SSSR count). The normalized spacial score (nSPS) is 27.4. The first-order chi connectivity index (χ1) is 13.6. The van der Waals surface area contributed by atoms with Crippen LogP contribution in [0.1, 0.15) is 23.6 Å². The third kappa shape index (κ3) is 2.34. The number of methoxy groups -OCH3 is 1. The van der Waals surface area contributed by atoms with Gasteiger partial charge in [-0.2, -0.15) is 0 Å². The minimum Gasteiger partial charge on any atom is -0.496 e. The number of amides is 2. The Hall–Kier alpha value is -2.70. The number of ether oxygens (including phenoxy) is 1. The van der Waals surface area contributed by atoms with Crippen LogP contribution in [-0.2, 0) is 9.59 Å². The molecule has 6 nitrogen and oxygen atoms in total. The molecule has 28 heavy (non-hydrogen) atoms. The fraction of sp³-hybridized carbons (Fsp3) is 0.364. The van der Waals surface area contributed by atoms with E-state index in [1.807, 2.05) is 55.5 Å². The highest BCUT2D eigenvalue weighted by molar-refractivity contribution is 6.24. The molecule has 0 spiro atoms. The van der Waals surface area contributed by atoms with Crippen LogP contribution in [0.25, 0.3) is 0 Å². The summed E-state index contributed by atoms with van der Waals surface area (Å²) >= 11 is 0. The maximum atomic E-state index is 13.5. The molecular formula is C22H23N3O3. The van der Waals surface area contributed by atoms with Crippen LogP contribution < -0.4 is 9.64 Å². The predicted molar refractivity (Wildman–Crippen MR) is 105 cm³/mol. The van der Waals surface area contributed by atoms with Gasteiger partial charge in [0.1, 0.15) is 11.8 Å². The Morgan fingerprint density at radius 3 is 2.29 bits per heavy atom. The molecule has 3 saturated heterocycles. The summed E-state index contributed by atoms with van der Waals surface area (Å²) in [6.07, 6.45) is 0.987. The molecule has 2 aromatic carbocycles. The quantitative estimate of drug-likeness (QED) is 0.770. The average Bonchev–Trinajstić information content (AvgIpc) is 3.35. The largest absolute Gasteiger partial charge is 0.496 e. The van der Waals surface area contributed by atoms with Crippen LogP contribution in [0, 0.1) is 12.8 Å². The molecule has 144 valence electrons. The molecule has 0 aliphatic carbocycles. The molecule has 3 fully saturated rings. The van der Waals surface area contributed by atoms with Crippen LogP contribution >= 0.6 is 0 Å². The van der Waals surface area contributed by atoms with Gasteiger partial charge in [0.2, 0.25) is 5.91 Å². The number of hydrogen-bond donors (Lipinski definition) is 0. The minimum absolute atomic E-state index is 0.121. The maximum Gasteiger partial charge on any atom is 0.253 e. The smallest absolute Gasteiger partial charge is 0.253 e. The van der Waals surface area contributed by atoms with Crippen LogP contribution in [0.15, 0.2) is 48.5 Å². The summed E-state index contributed by atoms with van der Waals surface area (Å²) in [5.41, 5.74) is 2.72. The molecule has 3 heterocycles. The number of imide groups is 1. The Kier molecular flexibility index (Phi) is 4.00. The predicted octanol–water partition coefficient (Wildman–Crippen LogP) is 2.54. The third-order valence-electron chi connectivity index (χ3n) is 6.16. The summed E-state index contributed by atoms with van der Waals surface area (Å²) in [7, 11) is 1.65. The van der Waals surface area contributed by atoms with Gasteiger partial charge in [0.15, 0.2) is 0 Å². The van der Waals surface area contributed by atoms with E-state index in [4.69, 9.17) is 4.74 Å². The molecular weight excluding hydrogens is 354 g/mol. The van der Waals surface area contributed by atoms with Gasteiger partial charge in [-0.05, 0) is 31.5 Å². The van der Waals surface area contributed by atoms with Gasteiger partial charge < -0.3 is 4.74 Å². The van der Waals surface area contributed by atoms with E-state index in [1.165, 1.54) is 4.90 Å². The molecule has 3 aliphatic heterocycles. The molecule has 0 radical (unpaired) electrons. The minimum atomic E-state index is -0.439. The number of hydrogen-bond acceptors (Lipinski definition) is 5. The highest BCUT2D eigenvalue weighted by Gasteiger charge is 2.63. The van der Waals surface area contributed by atoms with Gasteiger partial charge >= 0.3 is 0 Å². The molecule has 0 aromatic heterocycles. The van der Waals surface area contributed by atoms with Crippen LogP contribution in [-0.4, -0.2) is 48.1 Å². The van der Waals surface area contributed by atoms with Crippen molar-refractivity contribution < 1.29 is 14.3 Å². The molecule has 3 aliphatic rings. The molecule has 0 saturated carbocycles. The van der Waals surface area contributed by atoms with Gasteiger partial charge in [-0.3, -0.25) is 9.59 Å². The lowest BCUT2D eigenvalue weighted by molar-refractivity contribution is -0.126. The monoisotopic (exact) mass is 377 g/mol. The number of nitrogens with zero attached hydrogens (tertiary/aromatic N) is 3. The van der Waals surface area contributed by atoms with E-state index in [-0.39, 0.29) is 17.9 Å². The summed E-state index contributed by atoms with van der Waals surface area (Å²) < 4.78 is 5.59. The number of aryl methyl sites for hydroxylation is 1. The van der Waals surface area contributed by atoms with Crippen LogP contribution in [0.3, 0.4) is 0 Å². The Morgan fingerprint density at radius 2 is 1.57 bits per heavy atom. The number of carbonyl (C=O) groups excluding carboxylic acids is 2. The first-order valence-corrected chi connectivity index (χ1v) is 9.72. The van der Waals surface area contributed by atoms with Crippen molar-refractivity contribution in [1.29, 1.82) is 0 Å². The van der Waals surface area contributed by atoms with Crippen molar-refractivity contribution >= 4 is 17.5 Å². The van der Waals surface area contributed by atoms with Gasteiger partial charge in [-0.1, -0.05) is 35.9 Å². The molecule has 2 amide bonds. The van der Waals surface area contributed by atoms with E-state index in [9.17, 15) is 9.59 Å². The van der Waals surface area contributed by atoms with Crippen LogP contribution in [0.4, 0.5) is 5.69 Å². The van der Waals surface area contributed by atoms with Gasteiger partial charge in [0, 0.05) is 18.7 Å². The number of anilines is 1. The van der Waals surface area contributed by atoms with Crippen molar-refractivity contribution in [3.8, 4) is 5.75 Å². The van der Waals surface area contributed by atoms with Crippen LogP contribution in [0.2, 0.25) is 0 Å². The number of hydrazine groups is 1. The number of benzene rings is 2. The highest BCUT2D eigenvalue weighted by Crippen LogP contribution is 2.50. The fourth-order valence-corrected chi connectivity index (χ4v) is 4.95. The summed E-state index contributed by atoms with van der Waals surface area (Å²) in [5, 5.41) is 4.31. The second-order valence-electron chi connectivity index (χ2n) is 7.68. The Bertz CT molecular complexity index is 942. The fourth-order valence-electron chi connectivity index (χ4n) is 4.95.